The molecule has 0 saturated carbocycles. The van der Waals surface area contributed by atoms with Gasteiger partial charge >= 0.3 is 0 Å². The van der Waals surface area contributed by atoms with Gasteiger partial charge in [-0.3, -0.25) is 4.57 Å². The molecule has 0 aliphatic rings. The molecule has 0 atom stereocenters. The number of aryl methyl sites for hydroxylation is 1. The lowest BCUT2D eigenvalue weighted by molar-refractivity contribution is 0.415. The zero-order valence-electron chi connectivity index (χ0n) is 11.2. The molecule has 0 aliphatic carbocycles. The van der Waals surface area contributed by atoms with Crippen LogP contribution in [0.4, 0.5) is 5.95 Å². The molecular formula is C15H14ClN3O. The SMILES string of the molecule is COc1ccc2nc(N)n(-c3c(C)cccc3Cl)c2c1. The van der Waals surface area contributed by atoms with Crippen molar-refractivity contribution in [1.29, 1.82) is 0 Å². The van der Waals surface area contributed by atoms with Crippen LogP contribution in [0.2, 0.25) is 5.02 Å². The quantitative estimate of drug-likeness (QED) is 0.784. The highest BCUT2D eigenvalue weighted by Crippen LogP contribution is 2.31. The van der Waals surface area contributed by atoms with E-state index in [1.165, 1.54) is 0 Å². The number of anilines is 1. The molecule has 4 nitrogen and oxygen atoms in total. The van der Waals surface area contributed by atoms with E-state index in [1.54, 1.807) is 7.11 Å². The lowest BCUT2D eigenvalue weighted by Gasteiger charge is -2.12. The van der Waals surface area contributed by atoms with Gasteiger partial charge in [0.05, 0.1) is 28.9 Å². The lowest BCUT2D eigenvalue weighted by Crippen LogP contribution is -2.03. The highest BCUT2D eigenvalue weighted by Gasteiger charge is 2.15. The molecule has 102 valence electrons. The molecule has 0 aliphatic heterocycles. The third-order valence-electron chi connectivity index (χ3n) is 3.30. The van der Waals surface area contributed by atoms with Gasteiger partial charge in [0.1, 0.15) is 5.75 Å². The summed E-state index contributed by atoms with van der Waals surface area (Å²) in [5, 5.41) is 0.638. The number of halogens is 1. The van der Waals surface area contributed by atoms with Gasteiger partial charge in [-0.05, 0) is 30.7 Å². The Labute approximate surface area is 121 Å². The maximum absolute atomic E-state index is 6.33. The second-order valence-electron chi connectivity index (χ2n) is 4.57. The molecule has 0 saturated heterocycles. The van der Waals surface area contributed by atoms with Gasteiger partial charge in [-0.1, -0.05) is 23.7 Å². The molecule has 1 aromatic heterocycles. The summed E-state index contributed by atoms with van der Waals surface area (Å²) in [5.41, 5.74) is 9.63. The summed E-state index contributed by atoms with van der Waals surface area (Å²) in [6.07, 6.45) is 0. The number of nitrogens with two attached hydrogens (primary N) is 1. The van der Waals surface area contributed by atoms with Gasteiger partial charge in [-0.2, -0.15) is 0 Å². The van der Waals surface area contributed by atoms with Crippen molar-refractivity contribution in [3.05, 3.63) is 47.0 Å². The maximum atomic E-state index is 6.33. The Hall–Kier alpha value is -2.20. The first-order valence-corrected chi connectivity index (χ1v) is 6.57. The minimum absolute atomic E-state index is 0.407. The van der Waals surface area contributed by atoms with Crippen LogP contribution < -0.4 is 10.5 Å². The predicted octanol–water partition coefficient (Wildman–Crippen LogP) is 3.58. The highest BCUT2D eigenvalue weighted by atomic mass is 35.5. The average Bonchev–Trinajstić information content (AvgIpc) is 2.74. The summed E-state index contributed by atoms with van der Waals surface area (Å²) in [6, 6.07) is 11.4. The first kappa shape index (κ1) is 12.8. The van der Waals surface area contributed by atoms with Crippen molar-refractivity contribution in [3.63, 3.8) is 0 Å². The molecule has 0 fully saturated rings. The number of imidazole rings is 1. The van der Waals surface area contributed by atoms with Crippen LogP contribution in [-0.2, 0) is 0 Å². The Morgan fingerprint density at radius 1 is 1.25 bits per heavy atom. The number of para-hydroxylation sites is 1. The standard InChI is InChI=1S/C15H14ClN3O/c1-9-4-3-5-11(16)14(9)19-13-8-10(20-2)6-7-12(13)18-15(19)17/h3-8H,1-2H3,(H2,17,18). The van der Waals surface area contributed by atoms with E-state index in [9.17, 15) is 0 Å². The first-order valence-electron chi connectivity index (χ1n) is 6.19. The van der Waals surface area contributed by atoms with E-state index in [4.69, 9.17) is 22.1 Å². The van der Waals surface area contributed by atoms with E-state index in [2.05, 4.69) is 4.98 Å². The van der Waals surface area contributed by atoms with Crippen molar-refractivity contribution >= 4 is 28.6 Å². The number of aromatic nitrogens is 2. The number of rotatable bonds is 2. The fourth-order valence-corrected chi connectivity index (χ4v) is 2.65. The van der Waals surface area contributed by atoms with Crippen molar-refractivity contribution in [2.45, 2.75) is 6.92 Å². The first-order chi connectivity index (χ1) is 9.61. The largest absolute Gasteiger partial charge is 0.497 e. The number of hydrogen-bond donors (Lipinski definition) is 1. The van der Waals surface area contributed by atoms with Crippen molar-refractivity contribution < 1.29 is 4.74 Å². The Balaban J connectivity index is 2.38. The van der Waals surface area contributed by atoms with Crippen LogP contribution in [0.1, 0.15) is 5.56 Å². The summed E-state index contributed by atoms with van der Waals surface area (Å²) >= 11 is 6.33. The second-order valence-corrected chi connectivity index (χ2v) is 4.97. The van der Waals surface area contributed by atoms with E-state index in [0.29, 0.717) is 11.0 Å². The highest BCUT2D eigenvalue weighted by molar-refractivity contribution is 6.32. The molecule has 0 unspecified atom stereocenters. The zero-order chi connectivity index (χ0) is 14.3. The van der Waals surface area contributed by atoms with Crippen molar-refractivity contribution in [2.24, 2.45) is 0 Å². The van der Waals surface area contributed by atoms with Crippen LogP contribution in [0.5, 0.6) is 5.75 Å². The Morgan fingerprint density at radius 3 is 2.75 bits per heavy atom. The van der Waals surface area contributed by atoms with Crippen molar-refractivity contribution in [1.82, 2.24) is 9.55 Å². The molecule has 3 rings (SSSR count). The maximum Gasteiger partial charge on any atom is 0.205 e. The summed E-state index contributed by atoms with van der Waals surface area (Å²) in [6.45, 7) is 1.99. The zero-order valence-corrected chi connectivity index (χ0v) is 12.0. The smallest absolute Gasteiger partial charge is 0.205 e. The normalized spacial score (nSPS) is 10.9. The van der Waals surface area contributed by atoms with Gasteiger partial charge in [0.2, 0.25) is 5.95 Å². The average molecular weight is 288 g/mol. The van der Waals surface area contributed by atoms with Gasteiger partial charge in [-0.15, -0.1) is 0 Å². The third-order valence-corrected chi connectivity index (χ3v) is 3.60. The van der Waals surface area contributed by atoms with E-state index >= 15 is 0 Å². The molecule has 2 N–H and O–H groups in total. The Morgan fingerprint density at radius 2 is 2.05 bits per heavy atom. The van der Waals surface area contributed by atoms with Crippen LogP contribution in [0.3, 0.4) is 0 Å². The Bertz CT molecular complexity index is 775. The van der Waals surface area contributed by atoms with E-state index in [-0.39, 0.29) is 0 Å². The molecule has 0 bridgehead atoms. The number of hydrogen-bond acceptors (Lipinski definition) is 3. The number of benzene rings is 2. The molecule has 3 aromatic rings. The van der Waals surface area contributed by atoms with Crippen LogP contribution >= 0.6 is 11.6 Å². The van der Waals surface area contributed by atoms with E-state index in [0.717, 1.165) is 28.0 Å². The number of methoxy groups -OCH3 is 1. The van der Waals surface area contributed by atoms with Gasteiger partial charge < -0.3 is 10.5 Å². The summed E-state index contributed by atoms with van der Waals surface area (Å²) < 4.78 is 7.12. The van der Waals surface area contributed by atoms with Gasteiger partial charge in [0.25, 0.3) is 0 Å². The van der Waals surface area contributed by atoms with E-state index in [1.807, 2.05) is 47.9 Å². The number of ether oxygens (including phenoxy) is 1. The molecular weight excluding hydrogens is 274 g/mol. The minimum Gasteiger partial charge on any atom is -0.497 e. The Kier molecular flexibility index (Phi) is 3.03. The topological polar surface area (TPSA) is 53.1 Å². The van der Waals surface area contributed by atoms with Gasteiger partial charge in [0.15, 0.2) is 0 Å². The van der Waals surface area contributed by atoms with Crippen LogP contribution in [0, 0.1) is 6.92 Å². The number of fused-ring (bicyclic) bond motifs is 1. The van der Waals surface area contributed by atoms with E-state index < -0.39 is 0 Å². The summed E-state index contributed by atoms with van der Waals surface area (Å²) in [7, 11) is 1.63. The second kappa shape index (κ2) is 4.72. The molecule has 0 spiro atoms. The predicted molar refractivity (Wildman–Crippen MR) is 81.8 cm³/mol. The summed E-state index contributed by atoms with van der Waals surface area (Å²) in [4.78, 5) is 4.37. The van der Waals surface area contributed by atoms with Crippen LogP contribution in [-0.4, -0.2) is 16.7 Å². The van der Waals surface area contributed by atoms with Crippen molar-refractivity contribution in [2.75, 3.05) is 12.8 Å². The molecule has 20 heavy (non-hydrogen) atoms. The number of nitrogens with zero attached hydrogens (tertiary/aromatic N) is 2. The fraction of sp³-hybridized carbons (Fsp3) is 0.133. The van der Waals surface area contributed by atoms with Crippen molar-refractivity contribution in [3.8, 4) is 11.4 Å². The number of nitrogen functional groups attached to an aromatic ring is 1. The van der Waals surface area contributed by atoms with Gasteiger partial charge in [0, 0.05) is 6.07 Å². The molecule has 5 heteroatoms. The van der Waals surface area contributed by atoms with Crippen LogP contribution in [0.15, 0.2) is 36.4 Å². The summed E-state index contributed by atoms with van der Waals surface area (Å²) in [5.74, 6) is 1.16. The monoisotopic (exact) mass is 287 g/mol. The third kappa shape index (κ3) is 1.89. The van der Waals surface area contributed by atoms with Gasteiger partial charge in [-0.25, -0.2) is 4.98 Å². The lowest BCUT2D eigenvalue weighted by atomic mass is 10.2. The van der Waals surface area contributed by atoms with Crippen LogP contribution in [0.25, 0.3) is 16.7 Å². The molecule has 0 amide bonds. The molecule has 0 radical (unpaired) electrons. The minimum atomic E-state index is 0.407. The molecule has 2 aromatic carbocycles. The molecule has 1 heterocycles. The fourth-order valence-electron chi connectivity index (χ4n) is 2.34.